The van der Waals surface area contributed by atoms with E-state index >= 15 is 0 Å². The van der Waals surface area contributed by atoms with Gasteiger partial charge in [0.2, 0.25) is 10.0 Å². The molecule has 20 heavy (non-hydrogen) atoms. The zero-order valence-corrected chi connectivity index (χ0v) is 12.8. The number of aryl methyl sites for hydroxylation is 1. The Morgan fingerprint density at radius 2 is 2.15 bits per heavy atom. The molecule has 110 valence electrons. The van der Waals surface area contributed by atoms with Crippen molar-refractivity contribution in [2.45, 2.75) is 30.8 Å². The van der Waals surface area contributed by atoms with Gasteiger partial charge in [0.25, 0.3) is 0 Å². The summed E-state index contributed by atoms with van der Waals surface area (Å²) in [5.41, 5.74) is 0.278. The van der Waals surface area contributed by atoms with Gasteiger partial charge >= 0.3 is 0 Å². The molecule has 1 aliphatic heterocycles. The lowest BCUT2D eigenvalue weighted by Gasteiger charge is -2.39. The van der Waals surface area contributed by atoms with Crippen LogP contribution in [0.3, 0.4) is 0 Å². The highest BCUT2D eigenvalue weighted by atomic mass is 32.2. The minimum atomic E-state index is -3.46. The summed E-state index contributed by atoms with van der Waals surface area (Å²) in [6, 6.07) is 7.07. The molecular weight excluding hydrogens is 274 g/mol. The van der Waals surface area contributed by atoms with Gasteiger partial charge in [0.05, 0.1) is 17.1 Å². The number of rotatable bonds is 4. The Hall–Kier alpha value is -1.17. The molecule has 1 heterocycles. The summed E-state index contributed by atoms with van der Waals surface area (Å²) in [5.74, 6) is 0. The van der Waals surface area contributed by atoms with Crippen LogP contribution in [0.4, 0.5) is 0 Å². The second-order valence-electron chi connectivity index (χ2n) is 5.40. The van der Waals surface area contributed by atoms with E-state index in [-0.39, 0.29) is 0 Å². The SMILES string of the molecule is C=CC[C@@]1(C)CN(S(=O)(=O)c2ccccc2C)CCO1. The van der Waals surface area contributed by atoms with Crippen LogP contribution in [0.2, 0.25) is 0 Å². The van der Waals surface area contributed by atoms with Crippen LogP contribution in [0.15, 0.2) is 41.8 Å². The van der Waals surface area contributed by atoms with E-state index in [1.807, 2.05) is 26.0 Å². The van der Waals surface area contributed by atoms with Crippen molar-refractivity contribution in [3.63, 3.8) is 0 Å². The first kappa shape index (κ1) is 15.2. The summed E-state index contributed by atoms with van der Waals surface area (Å²) in [4.78, 5) is 0.378. The highest BCUT2D eigenvalue weighted by Gasteiger charge is 2.37. The van der Waals surface area contributed by atoms with Gasteiger partial charge in [0.15, 0.2) is 0 Å². The van der Waals surface area contributed by atoms with Crippen molar-refractivity contribution in [1.29, 1.82) is 0 Å². The molecule has 0 aromatic heterocycles. The van der Waals surface area contributed by atoms with Crippen LogP contribution in [0.1, 0.15) is 18.9 Å². The quantitative estimate of drug-likeness (QED) is 0.801. The second-order valence-corrected chi connectivity index (χ2v) is 7.30. The number of hydrogen-bond acceptors (Lipinski definition) is 3. The topological polar surface area (TPSA) is 46.6 Å². The fourth-order valence-corrected chi connectivity index (χ4v) is 4.27. The Balaban J connectivity index is 2.31. The van der Waals surface area contributed by atoms with Gasteiger partial charge in [0, 0.05) is 13.1 Å². The molecule has 5 heteroatoms. The van der Waals surface area contributed by atoms with Crippen molar-refractivity contribution in [2.75, 3.05) is 19.7 Å². The Morgan fingerprint density at radius 3 is 2.80 bits per heavy atom. The summed E-state index contributed by atoms with van der Waals surface area (Å²) < 4.78 is 32.7. The highest BCUT2D eigenvalue weighted by molar-refractivity contribution is 7.89. The van der Waals surface area contributed by atoms with Gasteiger partial charge < -0.3 is 4.74 Å². The largest absolute Gasteiger partial charge is 0.372 e. The predicted octanol–water partition coefficient (Wildman–Crippen LogP) is 2.35. The smallest absolute Gasteiger partial charge is 0.243 e. The lowest BCUT2D eigenvalue weighted by Crippen LogP contribution is -2.51. The Labute approximate surface area is 121 Å². The van der Waals surface area contributed by atoms with Crippen LogP contribution in [-0.2, 0) is 14.8 Å². The average molecular weight is 295 g/mol. The monoisotopic (exact) mass is 295 g/mol. The van der Waals surface area contributed by atoms with Gasteiger partial charge in [-0.15, -0.1) is 6.58 Å². The van der Waals surface area contributed by atoms with Crippen molar-refractivity contribution >= 4 is 10.0 Å². The van der Waals surface area contributed by atoms with Crippen LogP contribution < -0.4 is 0 Å². The first-order chi connectivity index (χ1) is 9.39. The number of hydrogen-bond donors (Lipinski definition) is 0. The second kappa shape index (κ2) is 5.68. The number of ether oxygens (including phenoxy) is 1. The molecule has 0 spiro atoms. The van der Waals surface area contributed by atoms with Crippen LogP contribution in [-0.4, -0.2) is 38.0 Å². The molecule has 0 N–H and O–H groups in total. The Bertz CT molecular complexity index is 597. The molecule has 0 unspecified atom stereocenters. The van der Waals surface area contributed by atoms with E-state index in [2.05, 4.69) is 6.58 Å². The molecule has 0 saturated carbocycles. The molecule has 4 nitrogen and oxygen atoms in total. The maximum Gasteiger partial charge on any atom is 0.243 e. The molecule has 0 aliphatic carbocycles. The van der Waals surface area contributed by atoms with Crippen LogP contribution in [0.25, 0.3) is 0 Å². The molecule has 1 aromatic carbocycles. The van der Waals surface area contributed by atoms with Gasteiger partial charge in [-0.05, 0) is 31.9 Å². The van der Waals surface area contributed by atoms with E-state index in [1.54, 1.807) is 18.2 Å². The molecule has 1 saturated heterocycles. The zero-order valence-electron chi connectivity index (χ0n) is 12.0. The molecule has 1 fully saturated rings. The highest BCUT2D eigenvalue weighted by Crippen LogP contribution is 2.27. The number of nitrogens with zero attached hydrogens (tertiary/aromatic N) is 1. The third-order valence-corrected chi connectivity index (χ3v) is 5.59. The van der Waals surface area contributed by atoms with Crippen LogP contribution in [0.5, 0.6) is 0 Å². The summed E-state index contributed by atoms with van der Waals surface area (Å²) in [6.45, 7) is 8.61. The minimum Gasteiger partial charge on any atom is -0.372 e. The molecule has 1 aliphatic rings. The van der Waals surface area contributed by atoms with Gasteiger partial charge in [-0.1, -0.05) is 24.3 Å². The summed E-state index contributed by atoms with van der Waals surface area (Å²) in [5, 5.41) is 0. The molecular formula is C15H21NO3S. The molecule has 0 radical (unpaired) electrons. The van der Waals surface area contributed by atoms with E-state index < -0.39 is 15.6 Å². The van der Waals surface area contributed by atoms with Crippen molar-refractivity contribution < 1.29 is 13.2 Å². The summed E-state index contributed by atoms with van der Waals surface area (Å²) in [7, 11) is -3.46. The first-order valence-electron chi connectivity index (χ1n) is 6.70. The molecule has 1 atom stereocenters. The van der Waals surface area contributed by atoms with Gasteiger partial charge in [-0.25, -0.2) is 8.42 Å². The van der Waals surface area contributed by atoms with Crippen molar-refractivity contribution in [3.8, 4) is 0 Å². The standard InChI is InChI=1S/C15H21NO3S/c1-4-9-15(3)12-16(10-11-19-15)20(17,18)14-8-6-5-7-13(14)2/h4-8H,1,9-12H2,2-3H3/t15-/m0/s1. The summed E-state index contributed by atoms with van der Waals surface area (Å²) in [6.07, 6.45) is 2.40. The van der Waals surface area contributed by atoms with Crippen molar-refractivity contribution in [2.24, 2.45) is 0 Å². The van der Waals surface area contributed by atoms with Gasteiger partial charge in [-0.3, -0.25) is 0 Å². The fourth-order valence-electron chi connectivity index (χ4n) is 2.51. The normalized spacial score (nSPS) is 24.5. The fraction of sp³-hybridized carbons (Fsp3) is 0.467. The third kappa shape index (κ3) is 2.95. The molecule has 2 rings (SSSR count). The number of morpholine rings is 1. The van der Waals surface area contributed by atoms with E-state index in [0.717, 1.165) is 5.56 Å². The number of benzene rings is 1. The Kier molecular flexibility index (Phi) is 4.32. The zero-order chi connectivity index (χ0) is 14.8. The lowest BCUT2D eigenvalue weighted by atomic mass is 10.0. The average Bonchev–Trinajstić information content (AvgIpc) is 2.39. The van der Waals surface area contributed by atoms with Crippen LogP contribution in [0, 0.1) is 6.92 Å². The van der Waals surface area contributed by atoms with Gasteiger partial charge in [0.1, 0.15) is 0 Å². The molecule has 1 aromatic rings. The minimum absolute atomic E-state index is 0.357. The van der Waals surface area contributed by atoms with Gasteiger partial charge in [-0.2, -0.15) is 4.31 Å². The first-order valence-corrected chi connectivity index (χ1v) is 8.14. The van der Waals surface area contributed by atoms with E-state index in [0.29, 0.717) is 31.0 Å². The lowest BCUT2D eigenvalue weighted by molar-refractivity contribution is -0.0745. The van der Waals surface area contributed by atoms with Crippen molar-refractivity contribution in [1.82, 2.24) is 4.31 Å². The van der Waals surface area contributed by atoms with Crippen LogP contribution >= 0.6 is 0 Å². The molecule has 0 amide bonds. The maximum absolute atomic E-state index is 12.7. The predicted molar refractivity (Wildman–Crippen MR) is 79.1 cm³/mol. The van der Waals surface area contributed by atoms with Crippen molar-refractivity contribution in [3.05, 3.63) is 42.5 Å². The Morgan fingerprint density at radius 1 is 1.45 bits per heavy atom. The molecule has 0 bridgehead atoms. The summed E-state index contributed by atoms with van der Waals surface area (Å²) >= 11 is 0. The third-order valence-electron chi connectivity index (χ3n) is 3.59. The van der Waals surface area contributed by atoms with E-state index in [9.17, 15) is 8.42 Å². The van der Waals surface area contributed by atoms with E-state index in [1.165, 1.54) is 4.31 Å². The maximum atomic E-state index is 12.7. The number of sulfonamides is 1. The van der Waals surface area contributed by atoms with E-state index in [4.69, 9.17) is 4.74 Å².